The van der Waals surface area contributed by atoms with Gasteiger partial charge in [-0.1, -0.05) is 56.2 Å². The lowest BCUT2D eigenvalue weighted by Gasteiger charge is -2.07. The molecule has 0 aliphatic rings. The molecule has 1 heteroatoms. The molecule has 1 nitrogen and oxygen atoms in total. The summed E-state index contributed by atoms with van der Waals surface area (Å²) in [6.07, 6.45) is 13.6. The van der Waals surface area contributed by atoms with E-state index in [1.54, 1.807) is 0 Å². The van der Waals surface area contributed by atoms with Crippen LogP contribution >= 0.6 is 0 Å². The van der Waals surface area contributed by atoms with Crippen LogP contribution in [-0.4, -0.2) is 6.61 Å². The Morgan fingerprint density at radius 3 is 2.48 bits per heavy atom. The second-order valence-electron chi connectivity index (χ2n) is 5.39. The molecule has 0 saturated heterocycles. The van der Waals surface area contributed by atoms with E-state index >= 15 is 0 Å². The van der Waals surface area contributed by atoms with Gasteiger partial charge < -0.3 is 4.74 Å². The van der Waals surface area contributed by atoms with E-state index in [1.807, 2.05) is 0 Å². The number of rotatable bonds is 10. The van der Waals surface area contributed by atoms with Crippen LogP contribution in [0.15, 0.2) is 48.1 Å². The van der Waals surface area contributed by atoms with E-state index in [0.717, 1.165) is 38.0 Å². The molecular weight excluding hydrogens is 256 g/mol. The van der Waals surface area contributed by atoms with Crippen molar-refractivity contribution >= 4 is 0 Å². The highest BCUT2D eigenvalue weighted by molar-refractivity contribution is 5.27. The molecule has 0 aromatic heterocycles. The standard InChI is InChI=1S/C20H30O/c1-4-9-18(10-5-2)12-7-8-17-21-20-15-13-19(11-6-3)14-16-20/h4,9-10,13-16H,5-8,11-12,17H2,1-3H3/b9-4-,18-10+. The lowest BCUT2D eigenvalue weighted by Crippen LogP contribution is -1.97. The van der Waals surface area contributed by atoms with Gasteiger partial charge >= 0.3 is 0 Å². The molecule has 1 aromatic rings. The zero-order chi connectivity index (χ0) is 15.3. The minimum absolute atomic E-state index is 0.808. The van der Waals surface area contributed by atoms with Crippen molar-refractivity contribution in [2.24, 2.45) is 0 Å². The fraction of sp³-hybridized carbons (Fsp3) is 0.500. The van der Waals surface area contributed by atoms with Crippen molar-refractivity contribution < 1.29 is 4.74 Å². The lowest BCUT2D eigenvalue weighted by molar-refractivity contribution is 0.307. The summed E-state index contributed by atoms with van der Waals surface area (Å²) in [6, 6.07) is 8.53. The van der Waals surface area contributed by atoms with E-state index in [2.05, 4.69) is 63.3 Å². The quantitative estimate of drug-likeness (QED) is 0.373. The van der Waals surface area contributed by atoms with E-state index in [0.29, 0.717) is 0 Å². The summed E-state index contributed by atoms with van der Waals surface area (Å²) < 4.78 is 5.80. The maximum Gasteiger partial charge on any atom is 0.119 e. The molecule has 0 bridgehead atoms. The van der Waals surface area contributed by atoms with Gasteiger partial charge in [-0.15, -0.1) is 0 Å². The van der Waals surface area contributed by atoms with Gasteiger partial charge in [0.25, 0.3) is 0 Å². The smallest absolute Gasteiger partial charge is 0.119 e. The number of allylic oxidation sites excluding steroid dienone is 4. The second-order valence-corrected chi connectivity index (χ2v) is 5.39. The Balaban J connectivity index is 2.23. The number of benzene rings is 1. The Kier molecular flexibility index (Phi) is 9.35. The normalized spacial score (nSPS) is 12.0. The molecule has 0 amide bonds. The highest BCUT2D eigenvalue weighted by Crippen LogP contribution is 2.15. The Morgan fingerprint density at radius 2 is 1.86 bits per heavy atom. The first-order valence-corrected chi connectivity index (χ1v) is 8.33. The van der Waals surface area contributed by atoms with Gasteiger partial charge in [0.2, 0.25) is 0 Å². The third kappa shape index (κ3) is 7.75. The summed E-state index contributed by atoms with van der Waals surface area (Å²) in [5.74, 6) is 0.993. The first-order chi connectivity index (χ1) is 10.3. The van der Waals surface area contributed by atoms with Gasteiger partial charge in [0.1, 0.15) is 5.75 Å². The molecule has 0 fully saturated rings. The van der Waals surface area contributed by atoms with E-state index in [1.165, 1.54) is 24.0 Å². The highest BCUT2D eigenvalue weighted by Gasteiger charge is 1.97. The molecule has 0 atom stereocenters. The first-order valence-electron chi connectivity index (χ1n) is 8.33. The van der Waals surface area contributed by atoms with Gasteiger partial charge in [-0.05, 0) is 56.7 Å². The monoisotopic (exact) mass is 286 g/mol. The maximum absolute atomic E-state index is 5.80. The number of hydrogen-bond acceptors (Lipinski definition) is 1. The topological polar surface area (TPSA) is 9.23 Å². The molecule has 0 aliphatic heterocycles. The van der Waals surface area contributed by atoms with Crippen LogP contribution in [0, 0.1) is 0 Å². The summed E-state index contributed by atoms with van der Waals surface area (Å²) in [4.78, 5) is 0. The molecule has 0 spiro atoms. The number of ether oxygens (including phenoxy) is 1. The Morgan fingerprint density at radius 1 is 1.10 bits per heavy atom. The predicted octanol–water partition coefficient (Wildman–Crippen LogP) is 6.10. The third-order valence-electron chi connectivity index (χ3n) is 3.44. The summed E-state index contributed by atoms with van der Waals surface area (Å²) >= 11 is 0. The van der Waals surface area contributed by atoms with Crippen LogP contribution in [-0.2, 0) is 6.42 Å². The van der Waals surface area contributed by atoms with Gasteiger partial charge in [-0.25, -0.2) is 0 Å². The molecule has 0 heterocycles. The van der Waals surface area contributed by atoms with Crippen molar-refractivity contribution in [1.29, 1.82) is 0 Å². The molecule has 0 aliphatic carbocycles. The highest BCUT2D eigenvalue weighted by atomic mass is 16.5. The van der Waals surface area contributed by atoms with E-state index in [9.17, 15) is 0 Å². The Bertz CT molecular complexity index is 426. The molecule has 1 rings (SSSR count). The van der Waals surface area contributed by atoms with Crippen LogP contribution < -0.4 is 4.74 Å². The molecular formula is C20H30O. The molecule has 0 unspecified atom stereocenters. The first kappa shape index (κ1) is 17.6. The van der Waals surface area contributed by atoms with E-state index in [4.69, 9.17) is 4.74 Å². The predicted molar refractivity (Wildman–Crippen MR) is 93.0 cm³/mol. The van der Waals surface area contributed by atoms with Crippen LogP contribution in [0.25, 0.3) is 0 Å². The molecule has 0 N–H and O–H groups in total. The van der Waals surface area contributed by atoms with Gasteiger partial charge in [-0.2, -0.15) is 0 Å². The number of aryl methyl sites for hydroxylation is 1. The van der Waals surface area contributed by atoms with E-state index < -0.39 is 0 Å². The van der Waals surface area contributed by atoms with Crippen molar-refractivity contribution in [3.63, 3.8) is 0 Å². The van der Waals surface area contributed by atoms with E-state index in [-0.39, 0.29) is 0 Å². The van der Waals surface area contributed by atoms with Gasteiger partial charge in [0, 0.05) is 0 Å². The van der Waals surface area contributed by atoms with Gasteiger partial charge in [0.15, 0.2) is 0 Å². The Hall–Kier alpha value is -1.50. The van der Waals surface area contributed by atoms with Gasteiger partial charge in [-0.3, -0.25) is 0 Å². The minimum atomic E-state index is 0.808. The fourth-order valence-corrected chi connectivity index (χ4v) is 2.39. The average molecular weight is 286 g/mol. The van der Waals surface area contributed by atoms with Crippen LogP contribution in [0.5, 0.6) is 5.75 Å². The third-order valence-corrected chi connectivity index (χ3v) is 3.44. The van der Waals surface area contributed by atoms with Crippen LogP contribution in [0.1, 0.15) is 58.4 Å². The number of unbranched alkanes of at least 4 members (excludes halogenated alkanes) is 1. The summed E-state index contributed by atoms with van der Waals surface area (Å²) in [5, 5.41) is 0. The maximum atomic E-state index is 5.80. The molecule has 116 valence electrons. The summed E-state index contributed by atoms with van der Waals surface area (Å²) in [7, 11) is 0. The largest absolute Gasteiger partial charge is 0.494 e. The van der Waals surface area contributed by atoms with Crippen LogP contribution in [0.3, 0.4) is 0 Å². The zero-order valence-electron chi connectivity index (χ0n) is 13.9. The van der Waals surface area contributed by atoms with Gasteiger partial charge in [0.05, 0.1) is 6.61 Å². The lowest BCUT2D eigenvalue weighted by atomic mass is 10.1. The molecule has 0 radical (unpaired) electrons. The average Bonchev–Trinajstić information content (AvgIpc) is 2.49. The summed E-state index contributed by atoms with van der Waals surface area (Å²) in [6.45, 7) is 7.28. The molecule has 0 saturated carbocycles. The minimum Gasteiger partial charge on any atom is -0.494 e. The Labute approximate surface area is 130 Å². The second kappa shape index (κ2) is 11.2. The molecule has 1 aromatic carbocycles. The van der Waals surface area contributed by atoms with Crippen LogP contribution in [0.4, 0.5) is 0 Å². The number of hydrogen-bond donors (Lipinski definition) is 0. The van der Waals surface area contributed by atoms with Crippen LogP contribution in [0.2, 0.25) is 0 Å². The fourth-order valence-electron chi connectivity index (χ4n) is 2.39. The molecule has 21 heavy (non-hydrogen) atoms. The van der Waals surface area contributed by atoms with Crippen molar-refractivity contribution in [3.05, 3.63) is 53.6 Å². The zero-order valence-corrected chi connectivity index (χ0v) is 13.9. The van der Waals surface area contributed by atoms with Crippen molar-refractivity contribution in [2.75, 3.05) is 6.61 Å². The van der Waals surface area contributed by atoms with Crippen molar-refractivity contribution in [3.8, 4) is 5.75 Å². The summed E-state index contributed by atoms with van der Waals surface area (Å²) in [5.41, 5.74) is 2.84. The SMILES string of the molecule is C/C=C\C(=C/CC)CCCCOc1ccc(CCC)cc1. The van der Waals surface area contributed by atoms with Crippen molar-refractivity contribution in [2.45, 2.75) is 59.3 Å². The van der Waals surface area contributed by atoms with Crippen molar-refractivity contribution in [1.82, 2.24) is 0 Å².